The first-order valence-corrected chi connectivity index (χ1v) is 6.48. The molecule has 0 aliphatic rings. The van der Waals surface area contributed by atoms with Crippen molar-refractivity contribution in [1.82, 2.24) is 9.71 Å². The fourth-order valence-corrected chi connectivity index (χ4v) is 2.22. The Morgan fingerprint density at radius 1 is 1.59 bits per heavy atom. The smallest absolute Gasteiger partial charge is 0.352 e. The number of hydrogen-bond donors (Lipinski definition) is 3. The van der Waals surface area contributed by atoms with Crippen molar-refractivity contribution in [3.05, 3.63) is 30.1 Å². The summed E-state index contributed by atoms with van der Waals surface area (Å²) in [5.41, 5.74) is -0.154. The summed E-state index contributed by atoms with van der Waals surface area (Å²) in [4.78, 5) is 12.9. The highest BCUT2D eigenvalue weighted by Crippen LogP contribution is 2.10. The third kappa shape index (κ3) is 3.72. The molecule has 0 aromatic carbocycles. The van der Waals surface area contributed by atoms with Crippen molar-refractivity contribution in [2.24, 2.45) is 0 Å². The van der Waals surface area contributed by atoms with Crippen molar-refractivity contribution < 1.29 is 18.3 Å². The highest BCUT2D eigenvalue weighted by Gasteiger charge is 2.17. The van der Waals surface area contributed by atoms with E-state index in [1.54, 1.807) is 0 Å². The van der Waals surface area contributed by atoms with Crippen LogP contribution in [0.4, 0.5) is 0 Å². The molecule has 0 aliphatic carbocycles. The second-order valence-electron chi connectivity index (χ2n) is 3.31. The van der Waals surface area contributed by atoms with Crippen LogP contribution in [0.25, 0.3) is 0 Å². The zero-order chi connectivity index (χ0) is 12.9. The van der Waals surface area contributed by atoms with E-state index in [0.29, 0.717) is 6.42 Å². The monoisotopic (exact) mass is 258 g/mol. The van der Waals surface area contributed by atoms with Gasteiger partial charge in [0, 0.05) is 12.7 Å². The molecule has 1 heterocycles. The molecule has 0 amide bonds. The minimum Gasteiger partial charge on any atom is -0.477 e. The fraction of sp³-hybridized carbons (Fsp3) is 0.300. The number of sulfonamides is 1. The van der Waals surface area contributed by atoms with E-state index in [4.69, 9.17) is 5.11 Å². The molecule has 0 unspecified atom stereocenters. The average Bonchev–Trinajstić information content (AvgIpc) is 2.74. The van der Waals surface area contributed by atoms with Crippen molar-refractivity contribution >= 4 is 16.0 Å². The molecule has 0 radical (unpaired) electrons. The van der Waals surface area contributed by atoms with Gasteiger partial charge in [0.1, 0.15) is 10.6 Å². The van der Waals surface area contributed by atoms with Gasteiger partial charge in [-0.1, -0.05) is 12.2 Å². The molecule has 0 aliphatic heterocycles. The number of allylic oxidation sites excluding steroid dienone is 1. The Morgan fingerprint density at radius 3 is 2.82 bits per heavy atom. The number of carboxylic acid groups (broad SMARTS) is 1. The number of carboxylic acids is 1. The number of aromatic amines is 1. The fourth-order valence-electron chi connectivity index (χ4n) is 1.18. The lowest BCUT2D eigenvalue weighted by molar-refractivity contribution is 0.0691. The minimum absolute atomic E-state index is 0.0737. The summed E-state index contributed by atoms with van der Waals surface area (Å²) in [7, 11) is -3.63. The largest absolute Gasteiger partial charge is 0.477 e. The van der Waals surface area contributed by atoms with E-state index in [1.807, 2.05) is 19.1 Å². The Balaban J connectivity index is 2.72. The predicted octanol–water partition coefficient (Wildman–Crippen LogP) is 0.957. The SMILES string of the molecule is C/C=C/CCNS(=O)(=O)c1c[nH]c(C(=O)O)c1. The second-order valence-corrected chi connectivity index (χ2v) is 5.08. The maximum Gasteiger partial charge on any atom is 0.352 e. The Labute approximate surface area is 99.4 Å². The van der Waals surface area contributed by atoms with Crippen LogP contribution < -0.4 is 4.72 Å². The molecule has 1 rings (SSSR count). The quantitative estimate of drug-likeness (QED) is 0.522. The zero-order valence-corrected chi connectivity index (χ0v) is 10.1. The van der Waals surface area contributed by atoms with E-state index in [-0.39, 0.29) is 17.1 Å². The van der Waals surface area contributed by atoms with Gasteiger partial charge in [0.15, 0.2) is 0 Å². The summed E-state index contributed by atoms with van der Waals surface area (Å²) in [5.74, 6) is -1.19. The minimum atomic E-state index is -3.63. The molecule has 17 heavy (non-hydrogen) atoms. The van der Waals surface area contributed by atoms with Crippen LogP contribution in [0.5, 0.6) is 0 Å². The first-order chi connectivity index (χ1) is 7.97. The van der Waals surface area contributed by atoms with Gasteiger partial charge in [-0.05, 0) is 19.4 Å². The van der Waals surface area contributed by atoms with Gasteiger partial charge in [0.05, 0.1) is 0 Å². The van der Waals surface area contributed by atoms with Crippen LogP contribution >= 0.6 is 0 Å². The van der Waals surface area contributed by atoms with Crippen molar-refractivity contribution in [2.45, 2.75) is 18.2 Å². The lowest BCUT2D eigenvalue weighted by Crippen LogP contribution is -2.24. The molecule has 6 nitrogen and oxygen atoms in total. The number of aromatic nitrogens is 1. The van der Waals surface area contributed by atoms with Crippen molar-refractivity contribution in [2.75, 3.05) is 6.54 Å². The van der Waals surface area contributed by atoms with Crippen molar-refractivity contribution in [1.29, 1.82) is 0 Å². The molecule has 0 saturated carbocycles. The van der Waals surface area contributed by atoms with E-state index < -0.39 is 16.0 Å². The van der Waals surface area contributed by atoms with Gasteiger partial charge >= 0.3 is 5.97 Å². The summed E-state index contributed by atoms with van der Waals surface area (Å²) < 4.78 is 25.7. The summed E-state index contributed by atoms with van der Waals surface area (Å²) in [6.07, 6.45) is 5.41. The lowest BCUT2D eigenvalue weighted by atomic mass is 10.4. The molecule has 0 bridgehead atoms. The van der Waals surface area contributed by atoms with Gasteiger partial charge < -0.3 is 10.1 Å². The Morgan fingerprint density at radius 2 is 2.29 bits per heavy atom. The first-order valence-electron chi connectivity index (χ1n) is 5.00. The predicted molar refractivity (Wildman–Crippen MR) is 62.4 cm³/mol. The molecule has 0 fully saturated rings. The maximum atomic E-state index is 11.7. The maximum absolute atomic E-state index is 11.7. The van der Waals surface area contributed by atoms with Gasteiger partial charge in [-0.2, -0.15) is 0 Å². The average molecular weight is 258 g/mol. The molecule has 1 aromatic rings. The van der Waals surface area contributed by atoms with Gasteiger partial charge in [-0.25, -0.2) is 17.9 Å². The number of hydrogen-bond acceptors (Lipinski definition) is 3. The van der Waals surface area contributed by atoms with Crippen molar-refractivity contribution in [3.63, 3.8) is 0 Å². The van der Waals surface area contributed by atoms with Crippen LogP contribution in [-0.2, 0) is 10.0 Å². The van der Waals surface area contributed by atoms with E-state index in [1.165, 1.54) is 0 Å². The number of carbonyl (C=O) groups is 1. The molecular weight excluding hydrogens is 244 g/mol. The van der Waals surface area contributed by atoms with Gasteiger partial charge in [-0.3, -0.25) is 0 Å². The zero-order valence-electron chi connectivity index (χ0n) is 9.30. The Bertz CT molecular complexity index is 516. The Hall–Kier alpha value is -1.60. The Kier molecular flexibility index (Phi) is 4.47. The molecule has 0 spiro atoms. The van der Waals surface area contributed by atoms with Crippen LogP contribution in [0.2, 0.25) is 0 Å². The topological polar surface area (TPSA) is 99.3 Å². The van der Waals surface area contributed by atoms with Crippen LogP contribution in [0.1, 0.15) is 23.8 Å². The van der Waals surface area contributed by atoms with Crippen LogP contribution in [0, 0.1) is 0 Å². The molecule has 1 aromatic heterocycles. The van der Waals surface area contributed by atoms with Gasteiger partial charge in [0.2, 0.25) is 10.0 Å². The van der Waals surface area contributed by atoms with E-state index in [0.717, 1.165) is 12.3 Å². The number of nitrogens with one attached hydrogen (secondary N) is 2. The highest BCUT2D eigenvalue weighted by atomic mass is 32.2. The summed E-state index contributed by atoms with van der Waals surface area (Å²) >= 11 is 0. The van der Waals surface area contributed by atoms with E-state index >= 15 is 0 Å². The standard InChI is InChI=1S/C10H14N2O4S/c1-2-3-4-5-12-17(15,16)8-6-9(10(13)14)11-7-8/h2-3,6-7,11-12H,4-5H2,1H3,(H,13,14)/b3-2+. The van der Waals surface area contributed by atoms with Gasteiger partial charge in [0.25, 0.3) is 0 Å². The van der Waals surface area contributed by atoms with E-state index in [9.17, 15) is 13.2 Å². The molecule has 0 saturated heterocycles. The molecule has 94 valence electrons. The summed E-state index contributed by atoms with van der Waals surface area (Å²) in [5, 5.41) is 8.65. The van der Waals surface area contributed by atoms with Gasteiger partial charge in [-0.15, -0.1) is 0 Å². The third-order valence-corrected chi connectivity index (χ3v) is 3.48. The van der Waals surface area contributed by atoms with Crippen molar-refractivity contribution in [3.8, 4) is 0 Å². The summed E-state index contributed by atoms with van der Waals surface area (Å²) in [6, 6.07) is 1.08. The van der Waals surface area contributed by atoms with Crippen LogP contribution in [-0.4, -0.2) is 31.0 Å². The first kappa shape index (κ1) is 13.5. The van der Waals surface area contributed by atoms with Crippen LogP contribution in [0.15, 0.2) is 29.3 Å². The number of rotatable bonds is 6. The van der Waals surface area contributed by atoms with Crippen LogP contribution in [0.3, 0.4) is 0 Å². The number of H-pyrrole nitrogens is 1. The highest BCUT2D eigenvalue weighted by molar-refractivity contribution is 7.89. The second kappa shape index (κ2) is 5.65. The van der Waals surface area contributed by atoms with E-state index in [2.05, 4.69) is 9.71 Å². The molecule has 7 heteroatoms. The molecule has 3 N–H and O–H groups in total. The lowest BCUT2D eigenvalue weighted by Gasteiger charge is -2.02. The number of aromatic carboxylic acids is 1. The third-order valence-electron chi connectivity index (χ3n) is 2.04. The molecular formula is C10H14N2O4S. The molecule has 0 atom stereocenters. The summed E-state index contributed by atoms with van der Waals surface area (Å²) in [6.45, 7) is 2.13. The normalized spacial score (nSPS) is 12.1.